The van der Waals surface area contributed by atoms with Crippen molar-refractivity contribution in [2.45, 2.75) is 38.0 Å². The maximum absolute atomic E-state index is 12.9. The third-order valence-electron chi connectivity index (χ3n) is 5.30. The molecule has 1 atom stereocenters. The molecule has 0 radical (unpaired) electrons. The first-order chi connectivity index (χ1) is 13.3. The molecule has 9 heteroatoms. The van der Waals surface area contributed by atoms with Crippen molar-refractivity contribution in [1.82, 2.24) is 24.2 Å². The van der Waals surface area contributed by atoms with Gasteiger partial charge < -0.3 is 9.47 Å². The van der Waals surface area contributed by atoms with Crippen LogP contribution in [0.1, 0.15) is 37.5 Å². The monoisotopic (exact) mass is 391 g/mol. The zero-order chi connectivity index (χ0) is 19.9. The highest BCUT2D eigenvalue weighted by Crippen LogP contribution is 2.30. The first-order valence-corrected chi connectivity index (χ1v) is 9.17. The number of nitrogens with zero attached hydrogens (tertiary/aromatic N) is 5. The fourth-order valence-corrected chi connectivity index (χ4v) is 3.71. The summed E-state index contributed by atoms with van der Waals surface area (Å²) >= 11 is 0. The normalized spacial score (nSPS) is 17.2. The van der Waals surface area contributed by atoms with E-state index in [2.05, 4.69) is 10.1 Å². The highest BCUT2D eigenvalue weighted by atomic mass is 19.4. The molecule has 6 nitrogen and oxygen atoms in total. The van der Waals surface area contributed by atoms with Crippen LogP contribution in [0.5, 0.6) is 0 Å². The molecule has 1 fully saturated rings. The number of amides is 1. The van der Waals surface area contributed by atoms with E-state index in [1.165, 1.54) is 10.9 Å². The Bertz CT molecular complexity index is 985. The molecule has 1 aromatic carbocycles. The van der Waals surface area contributed by atoms with E-state index in [0.717, 1.165) is 17.1 Å². The SMILES string of the molecule is CC(C(=O)N1CCC(n2ccc(C(F)(F)F)n2)CC1)n1cnc2ccccc21. The van der Waals surface area contributed by atoms with Crippen molar-refractivity contribution in [3.05, 3.63) is 48.5 Å². The van der Waals surface area contributed by atoms with Crippen LogP contribution in [0, 0.1) is 0 Å². The number of benzene rings is 1. The zero-order valence-corrected chi connectivity index (χ0v) is 15.3. The van der Waals surface area contributed by atoms with Crippen molar-refractivity contribution in [2.75, 3.05) is 13.1 Å². The number of hydrogen-bond acceptors (Lipinski definition) is 3. The molecular formula is C19H20F3N5O. The van der Waals surface area contributed by atoms with E-state index in [9.17, 15) is 18.0 Å². The number of alkyl halides is 3. The lowest BCUT2D eigenvalue weighted by molar-refractivity contribution is -0.141. The standard InChI is InChI=1S/C19H20F3N5O/c1-13(26-12-23-15-4-2-3-5-16(15)26)18(28)25-9-6-14(7-10-25)27-11-8-17(24-27)19(20,21)22/h2-5,8,11-14H,6-7,9-10H2,1H3. The third kappa shape index (κ3) is 3.36. The lowest BCUT2D eigenvalue weighted by Crippen LogP contribution is -2.42. The third-order valence-corrected chi connectivity index (χ3v) is 5.30. The summed E-state index contributed by atoms with van der Waals surface area (Å²) in [5.41, 5.74) is 0.848. The second-order valence-corrected chi connectivity index (χ2v) is 7.05. The number of fused-ring (bicyclic) bond motifs is 1. The number of piperidine rings is 1. The van der Waals surface area contributed by atoms with Crippen molar-refractivity contribution in [3.63, 3.8) is 0 Å². The van der Waals surface area contributed by atoms with Crippen LogP contribution in [0.4, 0.5) is 13.2 Å². The first-order valence-electron chi connectivity index (χ1n) is 9.17. The fourth-order valence-electron chi connectivity index (χ4n) is 3.71. The number of para-hydroxylation sites is 2. The number of hydrogen-bond donors (Lipinski definition) is 0. The number of imidazole rings is 1. The van der Waals surface area contributed by atoms with Gasteiger partial charge in [0.05, 0.1) is 23.4 Å². The Morgan fingerprint density at radius 1 is 1.18 bits per heavy atom. The fraction of sp³-hybridized carbons (Fsp3) is 0.421. The van der Waals surface area contributed by atoms with E-state index in [4.69, 9.17) is 0 Å². The van der Waals surface area contributed by atoms with Crippen molar-refractivity contribution in [2.24, 2.45) is 0 Å². The van der Waals surface area contributed by atoms with E-state index < -0.39 is 17.9 Å². The maximum atomic E-state index is 12.9. The van der Waals surface area contributed by atoms with Gasteiger partial charge in [-0.1, -0.05) is 12.1 Å². The van der Waals surface area contributed by atoms with Gasteiger partial charge in [0.15, 0.2) is 5.69 Å². The Labute approximate surface area is 159 Å². The number of carbonyl (C=O) groups excluding carboxylic acids is 1. The van der Waals surface area contributed by atoms with Crippen LogP contribution in [0.25, 0.3) is 11.0 Å². The molecule has 28 heavy (non-hydrogen) atoms. The minimum absolute atomic E-state index is 0.0157. The summed E-state index contributed by atoms with van der Waals surface area (Å²) in [6.07, 6.45) is -0.261. The lowest BCUT2D eigenvalue weighted by Gasteiger charge is -2.34. The van der Waals surface area contributed by atoms with E-state index in [-0.39, 0.29) is 11.9 Å². The Hall–Kier alpha value is -2.84. The molecule has 1 aliphatic heterocycles. The topological polar surface area (TPSA) is 56.0 Å². The van der Waals surface area contributed by atoms with Crippen LogP contribution in [0.15, 0.2) is 42.9 Å². The summed E-state index contributed by atoms with van der Waals surface area (Å²) in [6, 6.07) is 8.08. The summed E-state index contributed by atoms with van der Waals surface area (Å²) < 4.78 is 41.4. The molecule has 0 spiro atoms. The van der Waals surface area contributed by atoms with Crippen LogP contribution < -0.4 is 0 Å². The molecule has 2 aromatic heterocycles. The van der Waals surface area contributed by atoms with Gasteiger partial charge >= 0.3 is 6.18 Å². The molecule has 1 unspecified atom stereocenters. The maximum Gasteiger partial charge on any atom is 0.435 e. The molecule has 4 rings (SSSR count). The van der Waals surface area contributed by atoms with Crippen molar-refractivity contribution < 1.29 is 18.0 Å². The number of carbonyl (C=O) groups is 1. The van der Waals surface area contributed by atoms with Crippen LogP contribution in [0.2, 0.25) is 0 Å². The largest absolute Gasteiger partial charge is 0.435 e. The minimum atomic E-state index is -4.44. The Morgan fingerprint density at radius 2 is 1.89 bits per heavy atom. The van der Waals surface area contributed by atoms with Gasteiger partial charge in [-0.2, -0.15) is 18.3 Å². The van der Waals surface area contributed by atoms with Gasteiger partial charge in [0, 0.05) is 19.3 Å². The van der Waals surface area contributed by atoms with E-state index in [1.54, 1.807) is 11.2 Å². The molecule has 148 valence electrons. The van der Waals surface area contributed by atoms with E-state index in [1.807, 2.05) is 35.8 Å². The van der Waals surface area contributed by atoms with Gasteiger partial charge in [-0.25, -0.2) is 4.98 Å². The van der Waals surface area contributed by atoms with E-state index >= 15 is 0 Å². The van der Waals surface area contributed by atoms with Crippen molar-refractivity contribution in [3.8, 4) is 0 Å². The van der Waals surface area contributed by atoms with Gasteiger partial charge in [-0.3, -0.25) is 9.48 Å². The summed E-state index contributed by atoms with van der Waals surface area (Å²) in [5.74, 6) is -0.0157. The van der Waals surface area contributed by atoms with Gasteiger partial charge in [-0.05, 0) is 38.0 Å². The summed E-state index contributed by atoms with van der Waals surface area (Å²) in [6.45, 7) is 2.81. The summed E-state index contributed by atoms with van der Waals surface area (Å²) in [4.78, 5) is 19.0. The van der Waals surface area contributed by atoms with Crippen LogP contribution >= 0.6 is 0 Å². The predicted octanol–water partition coefficient (Wildman–Crippen LogP) is 3.68. The molecule has 0 N–H and O–H groups in total. The predicted molar refractivity (Wildman–Crippen MR) is 96.5 cm³/mol. The van der Waals surface area contributed by atoms with Crippen molar-refractivity contribution in [1.29, 1.82) is 0 Å². The molecule has 1 aliphatic rings. The summed E-state index contributed by atoms with van der Waals surface area (Å²) in [5, 5.41) is 3.66. The smallest absolute Gasteiger partial charge is 0.341 e. The average Bonchev–Trinajstić information content (AvgIpc) is 3.34. The molecule has 0 saturated carbocycles. The van der Waals surface area contributed by atoms with Crippen LogP contribution in [0.3, 0.4) is 0 Å². The quantitative estimate of drug-likeness (QED) is 0.685. The number of likely N-dealkylation sites (tertiary alicyclic amines) is 1. The molecule has 3 heterocycles. The highest BCUT2D eigenvalue weighted by Gasteiger charge is 2.35. The Morgan fingerprint density at radius 3 is 2.57 bits per heavy atom. The van der Waals surface area contributed by atoms with Gasteiger partial charge in [-0.15, -0.1) is 0 Å². The lowest BCUT2D eigenvalue weighted by atomic mass is 10.0. The first kappa shape index (κ1) is 18.5. The zero-order valence-electron chi connectivity index (χ0n) is 15.3. The molecule has 1 amide bonds. The average molecular weight is 391 g/mol. The van der Waals surface area contributed by atoms with Gasteiger partial charge in [0.25, 0.3) is 0 Å². The number of rotatable bonds is 3. The number of aromatic nitrogens is 4. The molecule has 1 saturated heterocycles. The van der Waals surface area contributed by atoms with Gasteiger partial charge in [0.2, 0.25) is 5.91 Å². The summed E-state index contributed by atoms with van der Waals surface area (Å²) in [7, 11) is 0. The second kappa shape index (κ2) is 6.96. The van der Waals surface area contributed by atoms with E-state index in [0.29, 0.717) is 25.9 Å². The number of halogens is 3. The highest BCUT2D eigenvalue weighted by molar-refractivity contribution is 5.83. The molecule has 0 aliphatic carbocycles. The molecular weight excluding hydrogens is 371 g/mol. The van der Waals surface area contributed by atoms with Crippen LogP contribution in [-0.4, -0.2) is 43.2 Å². The molecule has 3 aromatic rings. The van der Waals surface area contributed by atoms with Crippen LogP contribution in [-0.2, 0) is 11.0 Å². The van der Waals surface area contributed by atoms with Crippen molar-refractivity contribution >= 4 is 16.9 Å². The second-order valence-electron chi connectivity index (χ2n) is 7.05. The molecule has 0 bridgehead atoms. The Kier molecular flexibility index (Phi) is 4.60. The minimum Gasteiger partial charge on any atom is -0.341 e. The Balaban J connectivity index is 1.42. The van der Waals surface area contributed by atoms with Gasteiger partial charge in [0.1, 0.15) is 6.04 Å².